The molecule has 6 nitrogen and oxygen atoms in total. The summed E-state index contributed by atoms with van der Waals surface area (Å²) in [6, 6.07) is 17.4. The number of benzene rings is 3. The van der Waals surface area contributed by atoms with E-state index >= 15 is 0 Å². The lowest BCUT2D eigenvalue weighted by Gasteiger charge is -2.23. The molecule has 0 radical (unpaired) electrons. The Morgan fingerprint density at radius 3 is 2.32 bits per heavy atom. The SMILES string of the molecule is CCN(C(=O)C(C#N)C(=O)CCOc1cc(Oc2ccc(C(F)(F)F)cc2Cl)ccc1Cl)c1ccccc1. The molecule has 0 aliphatic carbocycles. The Labute approximate surface area is 227 Å². The highest BCUT2D eigenvalue weighted by Gasteiger charge is 2.32. The number of ketones is 1. The minimum absolute atomic E-state index is 0.0163. The molecular formula is C27H21Cl2F3N2O4. The predicted molar refractivity (Wildman–Crippen MR) is 137 cm³/mol. The Morgan fingerprint density at radius 1 is 1.00 bits per heavy atom. The summed E-state index contributed by atoms with van der Waals surface area (Å²) in [6.07, 6.45) is -4.80. The van der Waals surface area contributed by atoms with Gasteiger partial charge in [-0.3, -0.25) is 9.59 Å². The molecule has 1 atom stereocenters. The number of rotatable bonds is 10. The number of ether oxygens (including phenoxy) is 2. The van der Waals surface area contributed by atoms with E-state index in [9.17, 15) is 28.0 Å². The fourth-order valence-electron chi connectivity index (χ4n) is 3.44. The van der Waals surface area contributed by atoms with Crippen LogP contribution >= 0.6 is 23.2 Å². The molecule has 0 aromatic heterocycles. The van der Waals surface area contributed by atoms with Crippen LogP contribution in [0.4, 0.5) is 18.9 Å². The third kappa shape index (κ3) is 7.18. The minimum atomic E-state index is -4.55. The summed E-state index contributed by atoms with van der Waals surface area (Å²) in [5.41, 5.74) is -0.347. The fraction of sp³-hybridized carbons (Fsp3) is 0.222. The molecule has 3 aromatic rings. The van der Waals surface area contributed by atoms with Crippen LogP contribution in [0.1, 0.15) is 18.9 Å². The van der Waals surface area contributed by atoms with Crippen LogP contribution in [0.2, 0.25) is 10.0 Å². The van der Waals surface area contributed by atoms with Crippen LogP contribution in [0.3, 0.4) is 0 Å². The standard InChI is InChI=1S/C27H21Cl2F3N2O4/c1-2-34(18-6-4-3-5-7-18)26(36)20(16-33)23(35)12-13-37-25-15-19(9-10-21(25)28)38-24-11-8-17(14-22(24)29)27(30,31)32/h3-11,14-15,20H,2,12-13H2,1H3. The first-order valence-corrected chi connectivity index (χ1v) is 12.1. The Bertz CT molecular complexity index is 1340. The van der Waals surface area contributed by atoms with Crippen LogP contribution in [-0.4, -0.2) is 24.8 Å². The van der Waals surface area contributed by atoms with Gasteiger partial charge in [0.15, 0.2) is 11.7 Å². The van der Waals surface area contributed by atoms with Gasteiger partial charge in [0.05, 0.1) is 28.3 Å². The van der Waals surface area contributed by atoms with Crippen LogP contribution in [0.25, 0.3) is 0 Å². The van der Waals surface area contributed by atoms with Crippen molar-refractivity contribution in [3.63, 3.8) is 0 Å². The number of nitrogens with zero attached hydrogens (tertiary/aromatic N) is 2. The van der Waals surface area contributed by atoms with Crippen molar-refractivity contribution in [3.05, 3.63) is 82.3 Å². The van der Waals surface area contributed by atoms with Gasteiger partial charge in [-0.2, -0.15) is 18.4 Å². The van der Waals surface area contributed by atoms with Crippen molar-refractivity contribution in [2.75, 3.05) is 18.1 Å². The van der Waals surface area contributed by atoms with E-state index in [1.54, 1.807) is 43.3 Å². The first-order chi connectivity index (χ1) is 18.0. The molecule has 198 valence electrons. The molecule has 0 bridgehead atoms. The predicted octanol–water partition coefficient (Wildman–Crippen LogP) is 7.34. The third-order valence-electron chi connectivity index (χ3n) is 5.34. The van der Waals surface area contributed by atoms with E-state index in [0.717, 1.165) is 18.2 Å². The van der Waals surface area contributed by atoms with Gasteiger partial charge in [-0.05, 0) is 49.4 Å². The average molecular weight is 565 g/mol. The van der Waals surface area contributed by atoms with Gasteiger partial charge in [0, 0.05) is 24.7 Å². The third-order valence-corrected chi connectivity index (χ3v) is 5.95. The number of para-hydroxylation sites is 1. The van der Waals surface area contributed by atoms with Crippen LogP contribution in [0.5, 0.6) is 17.2 Å². The molecule has 0 aliphatic rings. The van der Waals surface area contributed by atoms with Crippen molar-refractivity contribution in [1.29, 1.82) is 5.26 Å². The summed E-state index contributed by atoms with van der Waals surface area (Å²) in [5, 5.41) is 9.44. The Kier molecular flexibility index (Phi) is 9.61. The molecule has 1 unspecified atom stereocenters. The molecule has 0 fully saturated rings. The Morgan fingerprint density at radius 2 is 1.71 bits per heavy atom. The highest BCUT2D eigenvalue weighted by molar-refractivity contribution is 6.32. The summed E-state index contributed by atoms with van der Waals surface area (Å²) >= 11 is 12.1. The second-order valence-corrected chi connectivity index (χ2v) is 8.70. The lowest BCUT2D eigenvalue weighted by atomic mass is 10.0. The average Bonchev–Trinajstić information content (AvgIpc) is 2.88. The van der Waals surface area contributed by atoms with Crippen molar-refractivity contribution in [2.24, 2.45) is 5.92 Å². The lowest BCUT2D eigenvalue weighted by molar-refractivity contribution is -0.137. The zero-order chi connectivity index (χ0) is 27.9. The van der Waals surface area contributed by atoms with Crippen molar-refractivity contribution < 1.29 is 32.2 Å². The molecule has 0 saturated heterocycles. The van der Waals surface area contributed by atoms with E-state index in [2.05, 4.69) is 0 Å². The Hall–Kier alpha value is -3.74. The van der Waals surface area contributed by atoms with Crippen molar-refractivity contribution >= 4 is 40.6 Å². The van der Waals surface area contributed by atoms with Gasteiger partial charge in [-0.25, -0.2) is 0 Å². The first kappa shape index (κ1) is 28.8. The number of amides is 1. The molecule has 0 aliphatic heterocycles. The van der Waals surface area contributed by atoms with Gasteiger partial charge in [-0.15, -0.1) is 0 Å². The van der Waals surface area contributed by atoms with E-state index in [-0.39, 0.29) is 46.9 Å². The highest BCUT2D eigenvalue weighted by atomic mass is 35.5. The molecule has 3 rings (SSSR count). The zero-order valence-corrected chi connectivity index (χ0v) is 21.5. The van der Waals surface area contributed by atoms with Gasteiger partial charge in [-0.1, -0.05) is 41.4 Å². The topological polar surface area (TPSA) is 79.6 Å². The Balaban J connectivity index is 1.64. The second-order valence-electron chi connectivity index (χ2n) is 7.88. The van der Waals surface area contributed by atoms with Crippen LogP contribution in [0.15, 0.2) is 66.7 Å². The largest absolute Gasteiger partial charge is 0.491 e. The first-order valence-electron chi connectivity index (χ1n) is 11.3. The smallest absolute Gasteiger partial charge is 0.416 e. The summed E-state index contributed by atoms with van der Waals surface area (Å²) in [5.74, 6) is -2.48. The quantitative estimate of drug-likeness (QED) is 0.241. The molecular weight excluding hydrogens is 544 g/mol. The van der Waals surface area contributed by atoms with E-state index in [4.69, 9.17) is 32.7 Å². The number of anilines is 1. The molecule has 0 heterocycles. The van der Waals surface area contributed by atoms with Gasteiger partial charge in [0.1, 0.15) is 17.2 Å². The number of hydrogen-bond donors (Lipinski definition) is 0. The molecule has 11 heteroatoms. The van der Waals surface area contributed by atoms with Crippen LogP contribution in [0, 0.1) is 17.2 Å². The van der Waals surface area contributed by atoms with E-state index < -0.39 is 29.3 Å². The molecule has 0 N–H and O–H groups in total. The highest BCUT2D eigenvalue weighted by Crippen LogP contribution is 2.38. The monoisotopic (exact) mass is 564 g/mol. The molecule has 38 heavy (non-hydrogen) atoms. The second kappa shape index (κ2) is 12.7. The minimum Gasteiger partial charge on any atom is -0.491 e. The van der Waals surface area contributed by atoms with Gasteiger partial charge < -0.3 is 14.4 Å². The zero-order valence-electron chi connectivity index (χ0n) is 20.0. The fourth-order valence-corrected chi connectivity index (χ4v) is 3.84. The summed E-state index contributed by atoms with van der Waals surface area (Å²) in [4.78, 5) is 26.9. The number of Topliss-reactive ketones (excluding diaryl/α,β-unsaturated/α-hetero) is 1. The maximum Gasteiger partial charge on any atom is 0.416 e. The normalized spacial score (nSPS) is 11.8. The van der Waals surface area contributed by atoms with Crippen molar-refractivity contribution in [2.45, 2.75) is 19.5 Å². The molecule has 1 amide bonds. The molecule has 0 spiro atoms. The van der Waals surface area contributed by atoms with Gasteiger partial charge in [0.25, 0.3) is 5.91 Å². The summed E-state index contributed by atoms with van der Waals surface area (Å²) in [7, 11) is 0. The molecule has 0 saturated carbocycles. The number of hydrogen-bond acceptors (Lipinski definition) is 5. The lowest BCUT2D eigenvalue weighted by Crippen LogP contribution is -2.39. The summed E-state index contributed by atoms with van der Waals surface area (Å²) < 4.78 is 49.7. The van der Waals surface area contributed by atoms with Crippen LogP contribution in [-0.2, 0) is 15.8 Å². The number of halogens is 5. The van der Waals surface area contributed by atoms with E-state index in [1.165, 1.54) is 23.1 Å². The maximum atomic E-state index is 12.9. The number of nitriles is 1. The van der Waals surface area contributed by atoms with Crippen molar-refractivity contribution in [1.82, 2.24) is 0 Å². The van der Waals surface area contributed by atoms with E-state index in [1.807, 2.05) is 0 Å². The number of carbonyl (C=O) groups is 2. The van der Waals surface area contributed by atoms with Crippen LogP contribution < -0.4 is 14.4 Å². The van der Waals surface area contributed by atoms with Gasteiger partial charge in [0.2, 0.25) is 0 Å². The number of carbonyl (C=O) groups excluding carboxylic acids is 2. The molecule has 3 aromatic carbocycles. The van der Waals surface area contributed by atoms with E-state index in [0.29, 0.717) is 5.69 Å². The maximum absolute atomic E-state index is 12.9. The van der Waals surface area contributed by atoms with Gasteiger partial charge >= 0.3 is 6.18 Å². The summed E-state index contributed by atoms with van der Waals surface area (Å²) in [6.45, 7) is 1.82. The number of alkyl halides is 3. The van der Waals surface area contributed by atoms with Crippen molar-refractivity contribution in [3.8, 4) is 23.3 Å².